The summed E-state index contributed by atoms with van der Waals surface area (Å²) in [6.07, 6.45) is 5.76. The molecule has 8 nitrogen and oxygen atoms in total. The average molecular weight is 395 g/mol. The molecule has 4 amide bonds. The molecule has 1 aliphatic heterocycles. The molecule has 2 aliphatic rings. The van der Waals surface area contributed by atoms with E-state index in [2.05, 4.69) is 10.6 Å². The second kappa shape index (κ2) is 9.39. The maximum absolute atomic E-state index is 12.5. The monoisotopic (exact) mass is 394 g/mol. The Morgan fingerprint density at radius 1 is 1.07 bits per heavy atom. The molecule has 0 aromatic heterocycles. The maximum Gasteiger partial charge on any atom is 0.241 e. The van der Waals surface area contributed by atoms with Crippen LogP contribution in [-0.4, -0.2) is 54.2 Å². The molecular formula is C20H34N4O4. The number of hydrogen-bond donors (Lipinski definition) is 3. The van der Waals surface area contributed by atoms with Gasteiger partial charge in [0, 0.05) is 25.0 Å². The summed E-state index contributed by atoms with van der Waals surface area (Å²) in [5.74, 6) is -1.10. The predicted molar refractivity (Wildman–Crippen MR) is 105 cm³/mol. The number of carbonyl (C=O) groups excluding carboxylic acids is 4. The molecule has 158 valence electrons. The number of piperidine rings is 1. The van der Waals surface area contributed by atoms with Crippen molar-refractivity contribution in [2.75, 3.05) is 19.6 Å². The number of primary amides is 1. The van der Waals surface area contributed by atoms with Gasteiger partial charge in [-0.3, -0.25) is 19.2 Å². The number of carbonyl (C=O) groups is 4. The minimum Gasteiger partial charge on any atom is -0.369 e. The molecule has 0 aromatic rings. The van der Waals surface area contributed by atoms with Gasteiger partial charge in [0.2, 0.25) is 23.6 Å². The van der Waals surface area contributed by atoms with Crippen molar-refractivity contribution in [1.82, 2.24) is 15.5 Å². The van der Waals surface area contributed by atoms with Crippen LogP contribution in [0.4, 0.5) is 0 Å². The van der Waals surface area contributed by atoms with Crippen LogP contribution in [0.5, 0.6) is 0 Å². The fourth-order valence-electron chi connectivity index (χ4n) is 3.83. The van der Waals surface area contributed by atoms with Gasteiger partial charge in [0.1, 0.15) is 5.41 Å². The summed E-state index contributed by atoms with van der Waals surface area (Å²) < 4.78 is 0. The molecule has 28 heavy (non-hydrogen) atoms. The van der Waals surface area contributed by atoms with Crippen molar-refractivity contribution in [1.29, 1.82) is 0 Å². The maximum atomic E-state index is 12.5. The normalized spacial score (nSPS) is 23.8. The highest BCUT2D eigenvalue weighted by Gasteiger charge is 2.37. The third-order valence-corrected chi connectivity index (χ3v) is 6.15. The number of nitrogens with one attached hydrogen (secondary N) is 2. The van der Waals surface area contributed by atoms with Crippen molar-refractivity contribution < 1.29 is 19.2 Å². The Labute approximate surface area is 167 Å². The van der Waals surface area contributed by atoms with Crippen LogP contribution in [0.2, 0.25) is 0 Å². The Balaban J connectivity index is 1.79. The molecule has 0 spiro atoms. The molecule has 1 saturated carbocycles. The molecule has 2 unspecified atom stereocenters. The van der Waals surface area contributed by atoms with Crippen molar-refractivity contribution in [2.24, 2.45) is 23.0 Å². The average Bonchev–Trinajstić information content (AvgIpc) is 2.67. The highest BCUT2D eigenvalue weighted by atomic mass is 16.2. The van der Waals surface area contributed by atoms with E-state index in [1.165, 1.54) is 20.3 Å². The first-order valence-corrected chi connectivity index (χ1v) is 10.3. The van der Waals surface area contributed by atoms with Crippen LogP contribution in [0.3, 0.4) is 0 Å². The van der Waals surface area contributed by atoms with Gasteiger partial charge in [-0.15, -0.1) is 0 Å². The van der Waals surface area contributed by atoms with Crippen LogP contribution < -0.4 is 16.4 Å². The van der Waals surface area contributed by atoms with E-state index in [0.717, 1.165) is 25.7 Å². The van der Waals surface area contributed by atoms with Crippen molar-refractivity contribution >= 4 is 23.6 Å². The molecule has 2 atom stereocenters. The van der Waals surface area contributed by atoms with E-state index >= 15 is 0 Å². The quantitative estimate of drug-likeness (QED) is 0.569. The summed E-state index contributed by atoms with van der Waals surface area (Å²) in [5, 5.41) is 5.68. The van der Waals surface area contributed by atoms with Crippen molar-refractivity contribution in [2.45, 2.75) is 65.3 Å². The fraction of sp³-hybridized carbons (Fsp3) is 0.800. The third kappa shape index (κ3) is 5.45. The first kappa shape index (κ1) is 22.2. The summed E-state index contributed by atoms with van der Waals surface area (Å²) >= 11 is 0. The van der Waals surface area contributed by atoms with E-state index < -0.39 is 17.2 Å². The predicted octanol–water partition coefficient (Wildman–Crippen LogP) is 0.548. The molecule has 0 radical (unpaired) electrons. The Morgan fingerprint density at radius 3 is 2.29 bits per heavy atom. The van der Waals surface area contributed by atoms with Gasteiger partial charge in [0.05, 0.1) is 6.54 Å². The van der Waals surface area contributed by atoms with Gasteiger partial charge in [-0.2, -0.15) is 0 Å². The molecule has 0 bridgehead atoms. The molecule has 1 saturated heterocycles. The van der Waals surface area contributed by atoms with E-state index in [1.807, 2.05) is 6.92 Å². The number of likely N-dealkylation sites (tertiary alicyclic amines) is 1. The molecule has 8 heteroatoms. The van der Waals surface area contributed by atoms with Crippen LogP contribution in [0.25, 0.3) is 0 Å². The Kier molecular flexibility index (Phi) is 7.43. The Hall–Kier alpha value is -2.12. The molecular weight excluding hydrogens is 360 g/mol. The standard InChI is InChI=1S/C20H34N4O4/c1-13-12-24(10-9-15(13)23-19(28)20(2,3)18(21)27)16(25)11-22-17(26)14-7-5-4-6-8-14/h13-15H,4-12H2,1-3H3,(H2,21,27)(H,22,26)(H,23,28). The van der Waals surface area contributed by atoms with Crippen LogP contribution in [-0.2, 0) is 19.2 Å². The second-order valence-electron chi connectivity index (χ2n) is 8.73. The van der Waals surface area contributed by atoms with Crippen molar-refractivity contribution in [3.05, 3.63) is 0 Å². The fourth-order valence-corrected chi connectivity index (χ4v) is 3.83. The van der Waals surface area contributed by atoms with Gasteiger partial charge in [-0.25, -0.2) is 0 Å². The lowest BCUT2D eigenvalue weighted by Gasteiger charge is -2.38. The summed E-state index contributed by atoms with van der Waals surface area (Å²) in [6, 6.07) is -0.119. The zero-order chi connectivity index (χ0) is 20.9. The molecule has 2 rings (SSSR count). The van der Waals surface area contributed by atoms with Crippen molar-refractivity contribution in [3.8, 4) is 0 Å². The zero-order valence-corrected chi connectivity index (χ0v) is 17.3. The van der Waals surface area contributed by atoms with Gasteiger partial charge in [-0.05, 0) is 39.0 Å². The lowest BCUT2D eigenvalue weighted by atomic mass is 9.88. The smallest absolute Gasteiger partial charge is 0.241 e. The summed E-state index contributed by atoms with van der Waals surface area (Å²) in [4.78, 5) is 50.2. The third-order valence-electron chi connectivity index (χ3n) is 6.15. The highest BCUT2D eigenvalue weighted by Crippen LogP contribution is 2.24. The Morgan fingerprint density at radius 2 is 1.71 bits per heavy atom. The number of nitrogens with two attached hydrogens (primary N) is 1. The molecule has 4 N–H and O–H groups in total. The van der Waals surface area contributed by atoms with Gasteiger partial charge in [-0.1, -0.05) is 26.2 Å². The lowest BCUT2D eigenvalue weighted by Crippen LogP contribution is -2.56. The molecule has 2 fully saturated rings. The molecule has 0 aromatic carbocycles. The Bertz CT molecular complexity index is 613. The van der Waals surface area contributed by atoms with Crippen molar-refractivity contribution in [3.63, 3.8) is 0 Å². The summed E-state index contributed by atoms with van der Waals surface area (Å²) in [7, 11) is 0. The van der Waals surface area contributed by atoms with Gasteiger partial charge < -0.3 is 21.3 Å². The number of rotatable bonds is 6. The van der Waals surface area contributed by atoms with Crippen LogP contribution in [0.15, 0.2) is 0 Å². The molecule has 1 aliphatic carbocycles. The molecule has 1 heterocycles. The first-order valence-electron chi connectivity index (χ1n) is 10.3. The SMILES string of the molecule is CC1CN(C(=O)CNC(=O)C2CCCCC2)CCC1NC(=O)C(C)(C)C(N)=O. The van der Waals surface area contributed by atoms with Crippen LogP contribution in [0, 0.1) is 17.3 Å². The van der Waals surface area contributed by atoms with Gasteiger partial charge >= 0.3 is 0 Å². The van der Waals surface area contributed by atoms with Crippen LogP contribution >= 0.6 is 0 Å². The first-order chi connectivity index (χ1) is 13.1. The van der Waals surface area contributed by atoms with Crippen LogP contribution in [0.1, 0.15) is 59.3 Å². The highest BCUT2D eigenvalue weighted by molar-refractivity contribution is 6.03. The minimum absolute atomic E-state index is 0.0167. The largest absolute Gasteiger partial charge is 0.369 e. The van der Waals surface area contributed by atoms with E-state index in [1.54, 1.807) is 4.90 Å². The lowest BCUT2D eigenvalue weighted by molar-refractivity contribution is -0.140. The minimum atomic E-state index is -1.27. The summed E-state index contributed by atoms with van der Waals surface area (Å²) in [6.45, 7) is 5.99. The van der Waals surface area contributed by atoms with Gasteiger partial charge in [0.15, 0.2) is 0 Å². The number of amides is 4. The van der Waals surface area contributed by atoms with E-state index in [9.17, 15) is 19.2 Å². The van der Waals surface area contributed by atoms with E-state index in [4.69, 9.17) is 5.73 Å². The zero-order valence-electron chi connectivity index (χ0n) is 17.3. The number of nitrogens with zero attached hydrogens (tertiary/aromatic N) is 1. The summed E-state index contributed by atoms with van der Waals surface area (Å²) in [5.41, 5.74) is 4.03. The van der Waals surface area contributed by atoms with E-state index in [0.29, 0.717) is 19.5 Å². The van der Waals surface area contributed by atoms with E-state index in [-0.39, 0.29) is 36.2 Å². The number of hydrogen-bond acceptors (Lipinski definition) is 4. The topological polar surface area (TPSA) is 122 Å². The second-order valence-corrected chi connectivity index (χ2v) is 8.73. The van der Waals surface area contributed by atoms with Gasteiger partial charge in [0.25, 0.3) is 0 Å².